The SMILES string of the molecule is Nc1nc(N)c2nc(CSc3nccn3-c3ccc(C(=O)NCc4ccccc4F)cc3)cnc2n1. The topological polar surface area (TPSA) is 151 Å². The van der Waals surface area contributed by atoms with E-state index in [9.17, 15) is 9.18 Å². The maximum Gasteiger partial charge on any atom is 0.251 e. The Bertz CT molecular complexity index is 1560. The van der Waals surface area contributed by atoms with E-state index < -0.39 is 0 Å². The minimum absolute atomic E-state index is 0.0482. The summed E-state index contributed by atoms with van der Waals surface area (Å²) in [4.78, 5) is 33.7. The number of rotatable bonds is 7. The Kier molecular flexibility index (Phi) is 6.41. The van der Waals surface area contributed by atoms with Crippen LogP contribution in [0, 0.1) is 5.82 Å². The maximum absolute atomic E-state index is 13.8. The van der Waals surface area contributed by atoms with Gasteiger partial charge in [-0.3, -0.25) is 9.36 Å². The zero-order valence-corrected chi connectivity index (χ0v) is 19.6. The van der Waals surface area contributed by atoms with E-state index in [0.29, 0.717) is 33.7 Å². The van der Waals surface area contributed by atoms with Gasteiger partial charge >= 0.3 is 0 Å². The molecule has 36 heavy (non-hydrogen) atoms. The number of thioether (sulfide) groups is 1. The van der Waals surface area contributed by atoms with E-state index in [4.69, 9.17) is 11.5 Å². The fourth-order valence-electron chi connectivity index (χ4n) is 3.48. The lowest BCUT2D eigenvalue weighted by molar-refractivity contribution is 0.0950. The number of halogens is 1. The van der Waals surface area contributed by atoms with Gasteiger partial charge in [0.1, 0.15) is 5.82 Å². The van der Waals surface area contributed by atoms with Crippen LogP contribution in [0.5, 0.6) is 0 Å². The van der Waals surface area contributed by atoms with Gasteiger partial charge < -0.3 is 16.8 Å². The van der Waals surface area contributed by atoms with Gasteiger partial charge in [0.05, 0.1) is 11.9 Å². The number of nitrogens with one attached hydrogen (secondary N) is 1. The Hall–Kier alpha value is -4.58. The van der Waals surface area contributed by atoms with Gasteiger partial charge in [0.2, 0.25) is 5.95 Å². The predicted octanol–water partition coefficient (Wildman–Crippen LogP) is 3.13. The van der Waals surface area contributed by atoms with Crippen LogP contribution in [0.1, 0.15) is 21.6 Å². The number of fused-ring (bicyclic) bond motifs is 1. The molecule has 0 spiro atoms. The fourth-order valence-corrected chi connectivity index (χ4v) is 4.33. The summed E-state index contributed by atoms with van der Waals surface area (Å²) in [5.41, 5.74) is 14.7. The number of hydrogen-bond donors (Lipinski definition) is 3. The van der Waals surface area contributed by atoms with Gasteiger partial charge in [0.15, 0.2) is 22.1 Å². The van der Waals surface area contributed by atoms with Crippen molar-refractivity contribution in [2.45, 2.75) is 17.5 Å². The molecule has 10 nitrogen and oxygen atoms in total. The fraction of sp³-hybridized carbons (Fsp3) is 0.0833. The van der Waals surface area contributed by atoms with E-state index >= 15 is 0 Å². The molecule has 5 aromatic rings. The first-order valence-corrected chi connectivity index (χ1v) is 11.8. The number of nitrogens with zero attached hydrogens (tertiary/aromatic N) is 6. The molecule has 180 valence electrons. The zero-order valence-electron chi connectivity index (χ0n) is 18.8. The molecule has 3 aromatic heterocycles. The van der Waals surface area contributed by atoms with Crippen LogP contribution in [0.2, 0.25) is 0 Å². The molecule has 0 fully saturated rings. The number of nitrogen functional groups attached to an aromatic ring is 2. The Labute approximate surface area is 209 Å². The Morgan fingerprint density at radius 2 is 1.83 bits per heavy atom. The number of aromatic nitrogens is 6. The van der Waals surface area contributed by atoms with E-state index in [-0.39, 0.29) is 30.0 Å². The van der Waals surface area contributed by atoms with Crippen LogP contribution in [0.4, 0.5) is 16.2 Å². The average molecular weight is 502 g/mol. The van der Waals surface area contributed by atoms with Crippen molar-refractivity contribution < 1.29 is 9.18 Å². The van der Waals surface area contributed by atoms with Crippen molar-refractivity contribution in [2.24, 2.45) is 0 Å². The summed E-state index contributed by atoms with van der Waals surface area (Å²) in [6.07, 6.45) is 5.14. The van der Waals surface area contributed by atoms with E-state index in [1.807, 2.05) is 22.9 Å². The maximum atomic E-state index is 13.8. The molecule has 2 aromatic carbocycles. The lowest BCUT2D eigenvalue weighted by Gasteiger charge is -2.10. The minimum atomic E-state index is -0.352. The molecule has 0 radical (unpaired) electrons. The summed E-state index contributed by atoms with van der Waals surface area (Å²) >= 11 is 1.47. The van der Waals surface area contributed by atoms with E-state index in [1.165, 1.54) is 17.8 Å². The molecule has 3 heterocycles. The third-order valence-electron chi connectivity index (χ3n) is 5.26. The molecule has 5 N–H and O–H groups in total. The third kappa shape index (κ3) is 4.93. The molecule has 0 atom stereocenters. The van der Waals surface area contributed by atoms with Crippen molar-refractivity contribution in [1.82, 2.24) is 34.8 Å². The van der Waals surface area contributed by atoms with E-state index in [1.54, 1.807) is 42.7 Å². The van der Waals surface area contributed by atoms with Gasteiger partial charge in [-0.2, -0.15) is 9.97 Å². The molecule has 0 aliphatic carbocycles. The average Bonchev–Trinajstić information content (AvgIpc) is 3.36. The summed E-state index contributed by atoms with van der Waals surface area (Å²) in [7, 11) is 0. The highest BCUT2D eigenvalue weighted by molar-refractivity contribution is 7.98. The minimum Gasteiger partial charge on any atom is -0.382 e. The summed E-state index contributed by atoms with van der Waals surface area (Å²) in [6.45, 7) is 0.110. The molecule has 0 saturated heterocycles. The quantitative estimate of drug-likeness (QED) is 0.286. The smallest absolute Gasteiger partial charge is 0.251 e. The number of benzene rings is 2. The van der Waals surface area contributed by atoms with Crippen molar-refractivity contribution in [3.63, 3.8) is 0 Å². The van der Waals surface area contributed by atoms with Gasteiger partial charge in [-0.25, -0.2) is 19.3 Å². The monoisotopic (exact) mass is 501 g/mol. The second-order valence-corrected chi connectivity index (χ2v) is 8.63. The molecule has 0 aliphatic heterocycles. The van der Waals surface area contributed by atoms with Crippen molar-refractivity contribution in [1.29, 1.82) is 0 Å². The second kappa shape index (κ2) is 9.96. The number of imidazole rings is 1. The number of nitrogens with two attached hydrogens (primary N) is 2. The van der Waals surface area contributed by atoms with Crippen molar-refractivity contribution in [3.05, 3.63) is 89.8 Å². The van der Waals surface area contributed by atoms with Gasteiger partial charge in [-0.05, 0) is 30.3 Å². The van der Waals surface area contributed by atoms with Crippen LogP contribution in [0.25, 0.3) is 16.9 Å². The first kappa shape index (κ1) is 23.2. The van der Waals surface area contributed by atoms with E-state index in [2.05, 4.69) is 30.2 Å². The molecular weight excluding hydrogens is 481 g/mol. The van der Waals surface area contributed by atoms with Crippen LogP contribution in [0.15, 0.2) is 72.3 Å². The second-order valence-electron chi connectivity index (χ2n) is 7.69. The zero-order chi connectivity index (χ0) is 25.1. The molecule has 0 saturated carbocycles. The molecule has 12 heteroatoms. The highest BCUT2D eigenvalue weighted by Gasteiger charge is 2.12. The summed E-state index contributed by atoms with van der Waals surface area (Å²) < 4.78 is 15.7. The van der Waals surface area contributed by atoms with Crippen molar-refractivity contribution >= 4 is 40.6 Å². The van der Waals surface area contributed by atoms with Crippen LogP contribution < -0.4 is 16.8 Å². The largest absolute Gasteiger partial charge is 0.382 e. The van der Waals surface area contributed by atoms with Crippen molar-refractivity contribution in [2.75, 3.05) is 11.5 Å². The number of hydrogen-bond acceptors (Lipinski definition) is 9. The first-order valence-electron chi connectivity index (χ1n) is 10.8. The molecule has 0 unspecified atom stereocenters. The van der Waals surface area contributed by atoms with Crippen molar-refractivity contribution in [3.8, 4) is 5.69 Å². The van der Waals surface area contributed by atoms with Crippen LogP contribution in [-0.2, 0) is 12.3 Å². The van der Waals surface area contributed by atoms with Gasteiger partial charge in [0.25, 0.3) is 5.91 Å². The Morgan fingerprint density at radius 3 is 2.64 bits per heavy atom. The van der Waals surface area contributed by atoms with Gasteiger partial charge in [-0.15, -0.1) is 0 Å². The highest BCUT2D eigenvalue weighted by Crippen LogP contribution is 2.25. The first-order chi connectivity index (χ1) is 17.5. The Balaban J connectivity index is 1.26. The van der Waals surface area contributed by atoms with Crippen LogP contribution >= 0.6 is 11.8 Å². The summed E-state index contributed by atoms with van der Waals surface area (Å²) in [5.74, 6) is 0.0723. The molecule has 1 amide bonds. The Morgan fingerprint density at radius 1 is 1.03 bits per heavy atom. The van der Waals surface area contributed by atoms with Gasteiger partial charge in [0, 0.05) is 41.5 Å². The third-order valence-corrected chi connectivity index (χ3v) is 6.26. The predicted molar refractivity (Wildman–Crippen MR) is 135 cm³/mol. The summed E-state index contributed by atoms with van der Waals surface area (Å²) in [5, 5.41) is 3.47. The molecule has 0 bridgehead atoms. The number of anilines is 2. The molecular formula is C24H20FN9OS. The number of carbonyl (C=O) groups is 1. The summed E-state index contributed by atoms with van der Waals surface area (Å²) in [6, 6.07) is 13.4. The number of carbonyl (C=O) groups excluding carboxylic acids is 1. The molecule has 5 rings (SSSR count). The normalized spacial score (nSPS) is 11.0. The van der Waals surface area contributed by atoms with Crippen LogP contribution in [-0.4, -0.2) is 35.4 Å². The van der Waals surface area contributed by atoms with Gasteiger partial charge in [-0.1, -0.05) is 30.0 Å². The lowest BCUT2D eigenvalue weighted by Crippen LogP contribution is -2.23. The highest BCUT2D eigenvalue weighted by atomic mass is 32.2. The lowest BCUT2D eigenvalue weighted by atomic mass is 10.1. The molecule has 0 aliphatic rings. The van der Waals surface area contributed by atoms with Crippen LogP contribution in [0.3, 0.4) is 0 Å². The number of amides is 1. The standard InChI is InChI=1S/C24H20FN9OS/c25-18-4-2-1-3-15(18)11-30-22(35)14-5-7-17(8-6-14)34-10-9-28-24(34)36-13-16-12-29-21-19(31-16)20(26)32-23(27)33-21/h1-10,12H,11,13H2,(H,30,35)(H4,26,27,29,32,33). The van der Waals surface area contributed by atoms with E-state index in [0.717, 1.165) is 10.8 Å².